The van der Waals surface area contributed by atoms with E-state index in [0.29, 0.717) is 35.4 Å². The summed E-state index contributed by atoms with van der Waals surface area (Å²) in [5, 5.41) is 11.2. The Morgan fingerprint density at radius 2 is 2.24 bits per heavy atom. The van der Waals surface area contributed by atoms with Gasteiger partial charge in [-0.1, -0.05) is 23.2 Å². The van der Waals surface area contributed by atoms with Crippen LogP contribution in [0.2, 0.25) is 10.0 Å². The van der Waals surface area contributed by atoms with Gasteiger partial charge in [0.05, 0.1) is 5.02 Å². The number of nitrogens with two attached hydrogens (primary N) is 1. The van der Waals surface area contributed by atoms with E-state index in [9.17, 15) is 9.90 Å². The standard InChI is InChI=1S/C14H18Cl2N2O3/c15-10-2-3-11(16)12(8-10)21-7-6-18-5-1-4-14(20,9-18)13(17)19/h2-3,8,20H,1,4-7,9H2,(H2,17,19)/t14-/m1/s1. The summed E-state index contributed by atoms with van der Waals surface area (Å²) in [5.74, 6) is -0.155. The van der Waals surface area contributed by atoms with Crippen LogP contribution in [0.3, 0.4) is 0 Å². The van der Waals surface area contributed by atoms with E-state index in [2.05, 4.69) is 0 Å². The van der Waals surface area contributed by atoms with E-state index in [1.165, 1.54) is 0 Å². The van der Waals surface area contributed by atoms with Gasteiger partial charge in [-0.25, -0.2) is 0 Å². The minimum Gasteiger partial charge on any atom is -0.491 e. The number of carbonyl (C=O) groups is 1. The maximum Gasteiger partial charge on any atom is 0.250 e. The molecule has 0 saturated carbocycles. The van der Waals surface area contributed by atoms with Crippen LogP contribution in [-0.4, -0.2) is 47.8 Å². The van der Waals surface area contributed by atoms with Gasteiger partial charge in [-0.3, -0.25) is 9.69 Å². The highest BCUT2D eigenvalue weighted by Gasteiger charge is 2.38. The van der Waals surface area contributed by atoms with Gasteiger partial charge in [0.25, 0.3) is 5.91 Å². The van der Waals surface area contributed by atoms with Crippen LogP contribution in [0.25, 0.3) is 0 Å². The molecule has 0 radical (unpaired) electrons. The summed E-state index contributed by atoms with van der Waals surface area (Å²) >= 11 is 11.9. The van der Waals surface area contributed by atoms with Crippen LogP contribution in [0.1, 0.15) is 12.8 Å². The molecule has 1 aromatic rings. The quantitative estimate of drug-likeness (QED) is 0.860. The van der Waals surface area contributed by atoms with Crippen molar-refractivity contribution in [2.24, 2.45) is 5.73 Å². The zero-order valence-electron chi connectivity index (χ0n) is 11.5. The second-order valence-corrected chi connectivity index (χ2v) is 6.04. The Balaban J connectivity index is 1.86. The van der Waals surface area contributed by atoms with Gasteiger partial charge in [-0.15, -0.1) is 0 Å². The van der Waals surface area contributed by atoms with Gasteiger partial charge in [0.15, 0.2) is 5.60 Å². The third-order valence-corrected chi connectivity index (χ3v) is 4.11. The van der Waals surface area contributed by atoms with Crippen molar-refractivity contribution in [2.45, 2.75) is 18.4 Å². The number of piperidine rings is 1. The van der Waals surface area contributed by atoms with E-state index in [1.54, 1.807) is 18.2 Å². The summed E-state index contributed by atoms with van der Waals surface area (Å²) in [6, 6.07) is 5.01. The number of benzene rings is 1. The normalized spacial score (nSPS) is 23.0. The van der Waals surface area contributed by atoms with Crippen LogP contribution in [-0.2, 0) is 4.79 Å². The average molecular weight is 333 g/mol. The maximum atomic E-state index is 11.3. The first-order valence-corrected chi connectivity index (χ1v) is 7.49. The lowest BCUT2D eigenvalue weighted by Crippen LogP contribution is -2.56. The van der Waals surface area contributed by atoms with Crippen LogP contribution < -0.4 is 10.5 Å². The fraction of sp³-hybridized carbons (Fsp3) is 0.500. The maximum absolute atomic E-state index is 11.3. The molecular formula is C14H18Cl2N2O3. The lowest BCUT2D eigenvalue weighted by Gasteiger charge is -2.36. The zero-order chi connectivity index (χ0) is 15.5. The molecule has 5 nitrogen and oxygen atoms in total. The zero-order valence-corrected chi connectivity index (χ0v) is 13.0. The molecule has 1 amide bonds. The highest BCUT2D eigenvalue weighted by atomic mass is 35.5. The Morgan fingerprint density at radius 3 is 2.95 bits per heavy atom. The molecule has 3 N–H and O–H groups in total. The van der Waals surface area contributed by atoms with Gasteiger partial charge in [0.1, 0.15) is 12.4 Å². The Bertz CT molecular complexity index is 527. The van der Waals surface area contributed by atoms with Crippen molar-refractivity contribution in [3.8, 4) is 5.75 Å². The van der Waals surface area contributed by atoms with Crippen LogP contribution in [0.4, 0.5) is 0 Å². The van der Waals surface area contributed by atoms with Crippen LogP contribution in [0.5, 0.6) is 5.75 Å². The highest BCUT2D eigenvalue weighted by molar-refractivity contribution is 6.34. The molecule has 7 heteroatoms. The Morgan fingerprint density at radius 1 is 1.48 bits per heavy atom. The third kappa shape index (κ3) is 4.23. The second kappa shape index (κ2) is 6.83. The fourth-order valence-corrected chi connectivity index (χ4v) is 2.72. The van der Waals surface area contributed by atoms with Crippen LogP contribution >= 0.6 is 23.2 Å². The van der Waals surface area contributed by atoms with Gasteiger partial charge in [-0.2, -0.15) is 0 Å². The average Bonchev–Trinajstić information content (AvgIpc) is 2.43. The largest absolute Gasteiger partial charge is 0.491 e. The van der Waals surface area contributed by atoms with Gasteiger partial charge in [-0.05, 0) is 31.5 Å². The topological polar surface area (TPSA) is 75.8 Å². The number of amides is 1. The molecule has 1 atom stereocenters. The number of rotatable bonds is 5. The lowest BCUT2D eigenvalue weighted by atomic mass is 9.92. The first kappa shape index (κ1) is 16.4. The summed E-state index contributed by atoms with van der Waals surface area (Å²) in [6.07, 6.45) is 1.12. The molecule has 1 aromatic carbocycles. The van der Waals surface area contributed by atoms with Gasteiger partial charge in [0, 0.05) is 24.2 Å². The number of likely N-dealkylation sites (tertiary alicyclic amines) is 1. The predicted octanol–water partition coefficient (Wildman–Crippen LogP) is 1.68. The number of β-amino-alcohol motifs (C(OH)–C–C–N with tert-alkyl or cyclic N) is 1. The van der Waals surface area contributed by atoms with Crippen molar-refractivity contribution < 1.29 is 14.6 Å². The van der Waals surface area contributed by atoms with Crippen molar-refractivity contribution in [3.63, 3.8) is 0 Å². The molecule has 1 fully saturated rings. The van der Waals surface area contributed by atoms with E-state index in [4.69, 9.17) is 33.7 Å². The molecule has 2 rings (SSSR count). The minimum atomic E-state index is -1.44. The number of hydrogen-bond acceptors (Lipinski definition) is 4. The highest BCUT2D eigenvalue weighted by Crippen LogP contribution is 2.27. The molecule has 0 unspecified atom stereocenters. The minimum absolute atomic E-state index is 0.231. The molecule has 116 valence electrons. The number of primary amides is 1. The summed E-state index contributed by atoms with van der Waals surface area (Å²) in [4.78, 5) is 13.2. The van der Waals surface area contributed by atoms with E-state index in [0.717, 1.165) is 13.0 Å². The third-order valence-electron chi connectivity index (χ3n) is 3.57. The molecule has 1 aliphatic rings. The molecule has 0 aliphatic carbocycles. The van der Waals surface area contributed by atoms with E-state index in [1.807, 2.05) is 4.90 Å². The number of nitrogens with zero attached hydrogens (tertiary/aromatic N) is 1. The smallest absolute Gasteiger partial charge is 0.250 e. The lowest BCUT2D eigenvalue weighted by molar-refractivity contribution is -0.142. The summed E-state index contributed by atoms with van der Waals surface area (Å²) in [7, 11) is 0. The van der Waals surface area contributed by atoms with Crippen molar-refractivity contribution in [2.75, 3.05) is 26.2 Å². The molecule has 21 heavy (non-hydrogen) atoms. The Hall–Kier alpha value is -1.01. The van der Waals surface area contributed by atoms with E-state index < -0.39 is 11.5 Å². The first-order chi connectivity index (χ1) is 9.90. The number of carbonyl (C=O) groups excluding carboxylic acids is 1. The summed E-state index contributed by atoms with van der Waals surface area (Å²) < 4.78 is 5.59. The van der Waals surface area contributed by atoms with Crippen molar-refractivity contribution >= 4 is 29.1 Å². The molecular weight excluding hydrogens is 315 g/mol. The number of hydrogen-bond donors (Lipinski definition) is 2. The Labute approximate surface area is 133 Å². The van der Waals surface area contributed by atoms with Crippen molar-refractivity contribution in [3.05, 3.63) is 28.2 Å². The fourth-order valence-electron chi connectivity index (χ4n) is 2.39. The first-order valence-electron chi connectivity index (χ1n) is 6.73. The van der Waals surface area contributed by atoms with Gasteiger partial charge in [0.2, 0.25) is 0 Å². The molecule has 1 saturated heterocycles. The van der Waals surface area contributed by atoms with Gasteiger partial charge >= 0.3 is 0 Å². The SMILES string of the molecule is NC(=O)[C@@]1(O)CCCN(CCOc2cc(Cl)ccc2Cl)C1. The van der Waals surface area contributed by atoms with Crippen LogP contribution in [0.15, 0.2) is 18.2 Å². The van der Waals surface area contributed by atoms with Crippen molar-refractivity contribution in [1.29, 1.82) is 0 Å². The second-order valence-electron chi connectivity index (χ2n) is 5.20. The van der Waals surface area contributed by atoms with Gasteiger partial charge < -0.3 is 15.6 Å². The molecule has 1 aliphatic heterocycles. The monoisotopic (exact) mass is 332 g/mol. The summed E-state index contributed by atoms with van der Waals surface area (Å²) in [6.45, 7) is 1.98. The molecule has 0 aromatic heterocycles. The van der Waals surface area contributed by atoms with E-state index in [-0.39, 0.29) is 6.54 Å². The number of ether oxygens (including phenoxy) is 1. The Kier molecular flexibility index (Phi) is 5.32. The number of aliphatic hydroxyl groups is 1. The predicted molar refractivity (Wildman–Crippen MR) is 81.8 cm³/mol. The number of halogens is 2. The molecule has 0 spiro atoms. The molecule has 1 heterocycles. The van der Waals surface area contributed by atoms with E-state index >= 15 is 0 Å². The summed E-state index contributed by atoms with van der Waals surface area (Å²) in [5.41, 5.74) is 3.80. The van der Waals surface area contributed by atoms with Crippen LogP contribution in [0, 0.1) is 0 Å². The molecule has 0 bridgehead atoms. The van der Waals surface area contributed by atoms with Crippen molar-refractivity contribution in [1.82, 2.24) is 4.90 Å².